The van der Waals surface area contributed by atoms with Crippen LogP contribution in [0.15, 0.2) is 78.1 Å². The second kappa shape index (κ2) is 6.11. The Labute approximate surface area is 119 Å². The van der Waals surface area contributed by atoms with E-state index < -0.39 is 0 Å². The third kappa shape index (κ3) is 2.75. The lowest BCUT2D eigenvalue weighted by Gasteiger charge is -2.10. The molecule has 0 atom stereocenters. The number of allylic oxidation sites excluding steroid dienone is 9. The maximum absolute atomic E-state index is 4.54. The zero-order valence-corrected chi connectivity index (χ0v) is 11.2. The van der Waals surface area contributed by atoms with Crippen LogP contribution < -0.4 is 0 Å². The summed E-state index contributed by atoms with van der Waals surface area (Å²) < 4.78 is 0. The molecule has 1 aromatic rings. The van der Waals surface area contributed by atoms with Gasteiger partial charge in [-0.05, 0) is 30.6 Å². The molecular weight excluding hydrogens is 244 g/mol. The quantitative estimate of drug-likeness (QED) is 0.780. The van der Waals surface area contributed by atoms with Crippen LogP contribution in [0.25, 0.3) is 5.57 Å². The van der Waals surface area contributed by atoms with E-state index in [1.165, 1.54) is 5.57 Å². The summed E-state index contributed by atoms with van der Waals surface area (Å²) in [4.78, 5) is 9.04. The summed E-state index contributed by atoms with van der Waals surface area (Å²) in [5.41, 5.74) is 4.29. The molecule has 0 unspecified atom stereocenters. The largest absolute Gasteiger partial charge is 0.255 e. The van der Waals surface area contributed by atoms with Crippen molar-refractivity contribution in [2.75, 3.05) is 0 Å². The van der Waals surface area contributed by atoms with Crippen molar-refractivity contribution < 1.29 is 0 Å². The highest BCUT2D eigenvalue weighted by Crippen LogP contribution is 2.24. The topological polar surface area (TPSA) is 25.2 Å². The molecule has 3 rings (SSSR count). The molecule has 0 amide bonds. The Balaban J connectivity index is 2.07. The van der Waals surface area contributed by atoms with E-state index in [0.717, 1.165) is 29.8 Å². The van der Waals surface area contributed by atoms with Gasteiger partial charge in [0, 0.05) is 18.0 Å². The highest BCUT2D eigenvalue weighted by atomic mass is 14.8. The minimum Gasteiger partial charge on any atom is -0.255 e. The van der Waals surface area contributed by atoms with E-state index in [-0.39, 0.29) is 0 Å². The van der Waals surface area contributed by atoms with Gasteiger partial charge >= 0.3 is 0 Å². The lowest BCUT2D eigenvalue weighted by Crippen LogP contribution is -2.04. The third-order valence-electron chi connectivity index (χ3n) is 3.26. The van der Waals surface area contributed by atoms with Gasteiger partial charge in [0.05, 0.1) is 11.4 Å². The molecule has 0 N–H and O–H groups in total. The molecule has 1 aliphatic carbocycles. The average molecular weight is 260 g/mol. The fourth-order valence-electron chi connectivity index (χ4n) is 2.28. The maximum Gasteiger partial charge on any atom is 0.0961 e. The second-order valence-electron chi connectivity index (χ2n) is 4.65. The zero-order chi connectivity index (χ0) is 13.6. The Morgan fingerprint density at radius 3 is 3.00 bits per heavy atom. The number of hydrogen-bond acceptors (Lipinski definition) is 2. The van der Waals surface area contributed by atoms with Gasteiger partial charge in [-0.3, -0.25) is 9.98 Å². The number of hydrogen-bond donors (Lipinski definition) is 0. The van der Waals surface area contributed by atoms with Gasteiger partial charge in [-0.2, -0.15) is 0 Å². The zero-order valence-electron chi connectivity index (χ0n) is 11.2. The number of aromatic nitrogens is 1. The Kier molecular flexibility index (Phi) is 3.83. The molecule has 1 aromatic heterocycles. The monoisotopic (exact) mass is 260 g/mol. The molecule has 2 heteroatoms. The van der Waals surface area contributed by atoms with Crippen molar-refractivity contribution in [2.45, 2.75) is 12.8 Å². The number of rotatable bonds is 2. The highest BCUT2D eigenvalue weighted by Gasteiger charge is 2.12. The molecule has 0 bridgehead atoms. The molecule has 2 heterocycles. The summed E-state index contributed by atoms with van der Waals surface area (Å²) in [7, 11) is 0. The predicted molar refractivity (Wildman–Crippen MR) is 84.5 cm³/mol. The minimum absolute atomic E-state index is 0.915. The Bertz CT molecular complexity index is 670. The van der Waals surface area contributed by atoms with Gasteiger partial charge in [0.1, 0.15) is 0 Å². The third-order valence-corrected chi connectivity index (χ3v) is 3.26. The van der Waals surface area contributed by atoms with E-state index in [9.17, 15) is 0 Å². The van der Waals surface area contributed by atoms with Crippen LogP contribution in [-0.4, -0.2) is 10.7 Å². The molecule has 2 aliphatic rings. The maximum atomic E-state index is 4.54. The first-order valence-electron chi connectivity index (χ1n) is 6.82. The lowest BCUT2D eigenvalue weighted by molar-refractivity contribution is 1.25. The van der Waals surface area contributed by atoms with E-state index >= 15 is 0 Å². The van der Waals surface area contributed by atoms with E-state index in [0.29, 0.717) is 0 Å². The van der Waals surface area contributed by atoms with Gasteiger partial charge < -0.3 is 0 Å². The summed E-state index contributed by atoms with van der Waals surface area (Å²) in [6, 6.07) is 4.10. The van der Waals surface area contributed by atoms with Crippen LogP contribution >= 0.6 is 0 Å². The Hall–Kier alpha value is -2.48. The lowest BCUT2D eigenvalue weighted by atomic mass is 9.98. The first kappa shape index (κ1) is 12.5. The molecule has 0 spiro atoms. The minimum atomic E-state index is 0.915. The van der Waals surface area contributed by atoms with Crippen LogP contribution in [0.2, 0.25) is 0 Å². The van der Waals surface area contributed by atoms with Crippen molar-refractivity contribution in [3.05, 3.63) is 84.4 Å². The van der Waals surface area contributed by atoms with Crippen molar-refractivity contribution in [3.8, 4) is 0 Å². The van der Waals surface area contributed by atoms with E-state index in [1.807, 2.05) is 24.5 Å². The van der Waals surface area contributed by atoms with Gasteiger partial charge in [0.15, 0.2) is 0 Å². The Morgan fingerprint density at radius 2 is 2.00 bits per heavy atom. The van der Waals surface area contributed by atoms with Crippen molar-refractivity contribution in [3.63, 3.8) is 0 Å². The molecule has 0 saturated heterocycles. The fraction of sp³-hybridized carbons (Fsp3) is 0.111. The highest BCUT2D eigenvalue weighted by molar-refractivity contribution is 6.10. The molecule has 0 aromatic carbocycles. The summed E-state index contributed by atoms with van der Waals surface area (Å²) in [5.74, 6) is 0. The van der Waals surface area contributed by atoms with Crippen molar-refractivity contribution >= 4 is 11.3 Å². The van der Waals surface area contributed by atoms with E-state index in [2.05, 4.69) is 58.6 Å². The van der Waals surface area contributed by atoms with Crippen molar-refractivity contribution in [1.29, 1.82) is 0 Å². The van der Waals surface area contributed by atoms with Gasteiger partial charge in [-0.25, -0.2) is 0 Å². The molecular formula is C18H16N2. The summed E-state index contributed by atoms with van der Waals surface area (Å²) in [5, 5.41) is 0. The first-order chi connectivity index (χ1) is 9.95. The normalized spacial score (nSPS) is 17.4. The van der Waals surface area contributed by atoms with Gasteiger partial charge in [0.25, 0.3) is 0 Å². The smallest absolute Gasteiger partial charge is 0.0961 e. The molecule has 1 aliphatic heterocycles. The number of pyridine rings is 1. The Morgan fingerprint density at radius 1 is 1.00 bits per heavy atom. The molecule has 20 heavy (non-hydrogen) atoms. The molecule has 2 nitrogen and oxygen atoms in total. The predicted octanol–water partition coefficient (Wildman–Crippen LogP) is 4.24. The van der Waals surface area contributed by atoms with Crippen molar-refractivity contribution in [2.24, 2.45) is 4.99 Å². The number of aliphatic imine (C=N–C) groups is 1. The van der Waals surface area contributed by atoms with Crippen LogP contribution in [0.5, 0.6) is 0 Å². The van der Waals surface area contributed by atoms with Crippen LogP contribution in [0, 0.1) is 0 Å². The molecule has 0 fully saturated rings. The summed E-state index contributed by atoms with van der Waals surface area (Å²) in [6.07, 6.45) is 22.2. The molecule has 0 saturated carbocycles. The SMILES string of the molecule is C1=CC=C(c2cccnc2C2=NC=CCC=C2)CC=C1. The standard InChI is InChI=1S/C18H16N2/c1-2-5-10-15(9-4-1)16-11-8-14-20-18(16)17-12-6-3-7-13-19-17/h1-2,4-9,11-14H,3,10H2. The van der Waals surface area contributed by atoms with E-state index in [1.54, 1.807) is 0 Å². The first-order valence-corrected chi connectivity index (χ1v) is 6.82. The average Bonchev–Trinajstić information content (AvgIpc) is 2.92. The van der Waals surface area contributed by atoms with E-state index in [4.69, 9.17) is 0 Å². The van der Waals surface area contributed by atoms with Gasteiger partial charge in [0.2, 0.25) is 0 Å². The fourth-order valence-corrected chi connectivity index (χ4v) is 2.28. The van der Waals surface area contributed by atoms with Crippen LogP contribution in [0.4, 0.5) is 0 Å². The van der Waals surface area contributed by atoms with Gasteiger partial charge in [-0.1, -0.05) is 48.6 Å². The summed E-state index contributed by atoms with van der Waals surface area (Å²) >= 11 is 0. The summed E-state index contributed by atoms with van der Waals surface area (Å²) in [6.45, 7) is 0. The van der Waals surface area contributed by atoms with Gasteiger partial charge in [-0.15, -0.1) is 0 Å². The van der Waals surface area contributed by atoms with Crippen molar-refractivity contribution in [1.82, 2.24) is 4.98 Å². The second-order valence-corrected chi connectivity index (χ2v) is 4.65. The van der Waals surface area contributed by atoms with Crippen LogP contribution in [-0.2, 0) is 0 Å². The molecule has 0 radical (unpaired) electrons. The van der Waals surface area contributed by atoms with Crippen LogP contribution in [0.1, 0.15) is 24.1 Å². The number of nitrogens with zero attached hydrogens (tertiary/aromatic N) is 2. The van der Waals surface area contributed by atoms with Crippen LogP contribution in [0.3, 0.4) is 0 Å². The molecule has 98 valence electrons.